The smallest absolute Gasteiger partial charge is 0.143 e. The van der Waals surface area contributed by atoms with Crippen molar-refractivity contribution in [2.24, 2.45) is 0 Å². The fourth-order valence-corrected chi connectivity index (χ4v) is 3.23. The molecule has 0 unspecified atom stereocenters. The van der Waals surface area contributed by atoms with Crippen molar-refractivity contribution in [3.8, 4) is 33.5 Å². The van der Waals surface area contributed by atoms with Crippen molar-refractivity contribution >= 4 is 0 Å². The molecule has 0 spiro atoms. The number of hydrogen-bond donors (Lipinski definition) is 0. The zero-order valence-electron chi connectivity index (χ0n) is 15.4. The number of rotatable bonds is 5. The predicted octanol–water partition coefficient (Wildman–Crippen LogP) is 5.81. The molecule has 0 aliphatic carbocycles. The third-order valence-electron chi connectivity index (χ3n) is 4.61. The third kappa shape index (κ3) is 3.56. The summed E-state index contributed by atoms with van der Waals surface area (Å²) >= 11 is 0. The molecule has 0 N–H and O–H groups in total. The SMILES string of the molecule is FCCn1cc(-c2ccncc2)c(-c2c(F)ccc(-c3cc(F)ccc3F)c2F)n1. The van der Waals surface area contributed by atoms with Gasteiger partial charge in [0.05, 0.1) is 12.1 Å². The van der Waals surface area contributed by atoms with Crippen LogP contribution in [0.25, 0.3) is 33.5 Å². The molecule has 8 heteroatoms. The molecule has 2 aromatic heterocycles. The minimum absolute atomic E-state index is 0.0803. The fraction of sp³-hybridized carbons (Fsp3) is 0.0909. The first kappa shape index (κ1) is 19.8. The third-order valence-corrected chi connectivity index (χ3v) is 4.61. The van der Waals surface area contributed by atoms with E-state index in [1.807, 2.05) is 0 Å². The van der Waals surface area contributed by atoms with Crippen molar-refractivity contribution < 1.29 is 22.0 Å². The number of pyridine rings is 1. The van der Waals surface area contributed by atoms with E-state index < -0.39 is 35.5 Å². The average molecular weight is 415 g/mol. The monoisotopic (exact) mass is 415 g/mol. The molecular formula is C22H14F5N3. The molecule has 0 radical (unpaired) electrons. The molecule has 30 heavy (non-hydrogen) atoms. The summed E-state index contributed by atoms with van der Waals surface area (Å²) in [7, 11) is 0. The van der Waals surface area contributed by atoms with E-state index in [0.717, 1.165) is 30.3 Å². The van der Waals surface area contributed by atoms with Crippen molar-refractivity contribution in [1.29, 1.82) is 0 Å². The van der Waals surface area contributed by atoms with Crippen LogP contribution in [0.3, 0.4) is 0 Å². The number of halogens is 5. The van der Waals surface area contributed by atoms with E-state index in [-0.39, 0.29) is 23.4 Å². The van der Waals surface area contributed by atoms with E-state index in [4.69, 9.17) is 0 Å². The molecule has 0 saturated heterocycles. The van der Waals surface area contributed by atoms with Gasteiger partial charge in [-0.1, -0.05) is 0 Å². The van der Waals surface area contributed by atoms with Gasteiger partial charge >= 0.3 is 0 Å². The van der Waals surface area contributed by atoms with Gasteiger partial charge in [0.1, 0.15) is 35.6 Å². The minimum Gasteiger partial charge on any atom is -0.269 e. The molecule has 0 atom stereocenters. The van der Waals surface area contributed by atoms with Crippen LogP contribution in [-0.2, 0) is 6.54 Å². The highest BCUT2D eigenvalue weighted by atomic mass is 19.1. The highest BCUT2D eigenvalue weighted by molar-refractivity contribution is 5.83. The maximum absolute atomic E-state index is 15.4. The molecule has 0 amide bonds. The van der Waals surface area contributed by atoms with Crippen LogP contribution >= 0.6 is 0 Å². The summed E-state index contributed by atoms with van der Waals surface area (Å²) in [5, 5.41) is 4.15. The molecule has 4 rings (SSSR count). The Morgan fingerprint density at radius 3 is 2.27 bits per heavy atom. The lowest BCUT2D eigenvalue weighted by atomic mass is 9.96. The highest BCUT2D eigenvalue weighted by Crippen LogP contribution is 2.38. The summed E-state index contributed by atoms with van der Waals surface area (Å²) in [6, 6.07) is 7.84. The van der Waals surface area contributed by atoms with Crippen LogP contribution in [0, 0.1) is 23.3 Å². The van der Waals surface area contributed by atoms with Gasteiger partial charge in [-0.3, -0.25) is 9.67 Å². The normalized spacial score (nSPS) is 11.1. The molecule has 152 valence electrons. The largest absolute Gasteiger partial charge is 0.269 e. The van der Waals surface area contributed by atoms with Gasteiger partial charge in [-0.05, 0) is 48.0 Å². The summed E-state index contributed by atoms with van der Waals surface area (Å²) in [5.41, 5.74) is -0.345. The molecule has 2 heterocycles. The number of nitrogens with zero attached hydrogens (tertiary/aromatic N) is 3. The molecule has 0 saturated carbocycles. The second-order valence-electron chi connectivity index (χ2n) is 6.49. The van der Waals surface area contributed by atoms with Crippen LogP contribution in [0.1, 0.15) is 0 Å². The summed E-state index contributed by atoms with van der Waals surface area (Å²) in [5.74, 6) is -3.65. The summed E-state index contributed by atoms with van der Waals surface area (Å²) < 4.78 is 72.1. The van der Waals surface area contributed by atoms with Crippen molar-refractivity contribution in [2.45, 2.75) is 6.54 Å². The van der Waals surface area contributed by atoms with Gasteiger partial charge in [-0.25, -0.2) is 22.0 Å². The lowest BCUT2D eigenvalue weighted by Gasteiger charge is -2.11. The Kier molecular flexibility index (Phi) is 5.31. The quantitative estimate of drug-likeness (QED) is 0.386. The minimum atomic E-state index is -1.10. The van der Waals surface area contributed by atoms with Crippen LogP contribution in [0.5, 0.6) is 0 Å². The molecule has 0 bridgehead atoms. The van der Waals surface area contributed by atoms with Crippen LogP contribution in [0.4, 0.5) is 22.0 Å². The second-order valence-corrected chi connectivity index (χ2v) is 6.49. The van der Waals surface area contributed by atoms with E-state index in [0.29, 0.717) is 11.1 Å². The fourth-order valence-electron chi connectivity index (χ4n) is 3.23. The predicted molar refractivity (Wildman–Crippen MR) is 102 cm³/mol. The average Bonchev–Trinajstić information content (AvgIpc) is 3.15. The number of hydrogen-bond acceptors (Lipinski definition) is 2. The Hall–Kier alpha value is -3.55. The Bertz CT molecular complexity index is 1210. The van der Waals surface area contributed by atoms with E-state index >= 15 is 4.39 Å². The Labute approximate surface area is 168 Å². The molecular weight excluding hydrogens is 401 g/mol. The molecule has 0 aliphatic rings. The van der Waals surface area contributed by atoms with Gasteiger partial charge in [0.25, 0.3) is 0 Å². The number of benzene rings is 2. The second kappa shape index (κ2) is 8.06. The summed E-state index contributed by atoms with van der Waals surface area (Å²) in [4.78, 5) is 3.91. The molecule has 3 nitrogen and oxygen atoms in total. The van der Waals surface area contributed by atoms with E-state index in [9.17, 15) is 17.6 Å². The number of aromatic nitrogens is 3. The lowest BCUT2D eigenvalue weighted by molar-refractivity contribution is 0.427. The molecule has 4 aromatic rings. The number of aryl methyl sites for hydroxylation is 1. The van der Waals surface area contributed by atoms with Crippen molar-refractivity contribution in [3.05, 3.63) is 84.3 Å². The Morgan fingerprint density at radius 2 is 1.53 bits per heavy atom. The van der Waals surface area contributed by atoms with Crippen LogP contribution in [-0.4, -0.2) is 21.4 Å². The first-order chi connectivity index (χ1) is 14.5. The topological polar surface area (TPSA) is 30.7 Å². The molecule has 0 aliphatic heterocycles. The maximum Gasteiger partial charge on any atom is 0.143 e. The summed E-state index contributed by atoms with van der Waals surface area (Å²) in [6.07, 6.45) is 4.46. The van der Waals surface area contributed by atoms with Gasteiger partial charge in [-0.2, -0.15) is 5.10 Å². The van der Waals surface area contributed by atoms with Gasteiger partial charge in [0.2, 0.25) is 0 Å². The Morgan fingerprint density at radius 1 is 0.800 bits per heavy atom. The van der Waals surface area contributed by atoms with Gasteiger partial charge in [0, 0.05) is 35.3 Å². The number of alkyl halides is 1. The highest BCUT2D eigenvalue weighted by Gasteiger charge is 2.24. The molecule has 0 fully saturated rings. The molecule has 2 aromatic carbocycles. The summed E-state index contributed by atoms with van der Waals surface area (Å²) in [6.45, 7) is -0.837. The zero-order chi connectivity index (χ0) is 21.3. The van der Waals surface area contributed by atoms with E-state index in [1.165, 1.54) is 23.3 Å². The van der Waals surface area contributed by atoms with Crippen LogP contribution in [0.15, 0.2) is 61.1 Å². The van der Waals surface area contributed by atoms with Gasteiger partial charge in [-0.15, -0.1) is 0 Å². The maximum atomic E-state index is 15.4. The van der Waals surface area contributed by atoms with Crippen molar-refractivity contribution in [1.82, 2.24) is 14.8 Å². The van der Waals surface area contributed by atoms with E-state index in [1.54, 1.807) is 12.1 Å². The zero-order valence-corrected chi connectivity index (χ0v) is 15.4. The lowest BCUT2D eigenvalue weighted by Crippen LogP contribution is -2.01. The Balaban J connectivity index is 1.96. The van der Waals surface area contributed by atoms with Gasteiger partial charge in [0.15, 0.2) is 0 Å². The van der Waals surface area contributed by atoms with Crippen LogP contribution in [0.2, 0.25) is 0 Å². The van der Waals surface area contributed by atoms with Crippen molar-refractivity contribution in [3.63, 3.8) is 0 Å². The van der Waals surface area contributed by atoms with E-state index in [2.05, 4.69) is 10.1 Å². The van der Waals surface area contributed by atoms with Crippen LogP contribution < -0.4 is 0 Å². The first-order valence-corrected chi connectivity index (χ1v) is 8.97. The van der Waals surface area contributed by atoms with Gasteiger partial charge < -0.3 is 0 Å². The first-order valence-electron chi connectivity index (χ1n) is 8.97. The standard InChI is InChI=1S/C22H14F5N3/c23-7-10-30-12-17(13-5-8-28-9-6-13)22(29-30)20-19(26)4-2-15(21(20)27)16-11-14(24)1-3-18(16)25/h1-6,8-9,11-12H,7,10H2. The van der Waals surface area contributed by atoms with Crippen molar-refractivity contribution in [2.75, 3.05) is 6.67 Å².